The van der Waals surface area contributed by atoms with E-state index in [0.29, 0.717) is 13.0 Å². The van der Waals surface area contributed by atoms with Gasteiger partial charge in [-0.25, -0.2) is 9.07 Å². The van der Waals surface area contributed by atoms with E-state index in [2.05, 4.69) is 15.6 Å². The van der Waals surface area contributed by atoms with Crippen LogP contribution in [-0.2, 0) is 6.42 Å². The van der Waals surface area contributed by atoms with Crippen molar-refractivity contribution in [3.8, 4) is 0 Å². The number of halogens is 1. The molecule has 0 aliphatic heterocycles. The lowest BCUT2D eigenvalue weighted by molar-refractivity contribution is 0.0948. The van der Waals surface area contributed by atoms with Gasteiger partial charge in [-0.05, 0) is 36.8 Å². The first-order chi connectivity index (χ1) is 11.6. The zero-order chi connectivity index (χ0) is 16.9. The average Bonchev–Trinajstić information content (AvgIpc) is 3.26. The van der Waals surface area contributed by atoms with Crippen LogP contribution in [0.5, 0.6) is 0 Å². The van der Waals surface area contributed by atoms with Crippen molar-refractivity contribution in [1.82, 2.24) is 20.3 Å². The molecule has 0 aliphatic rings. The van der Waals surface area contributed by atoms with E-state index in [-0.39, 0.29) is 23.5 Å². The molecular formula is C17H17FN4O2. The molecule has 1 aromatic carbocycles. The van der Waals surface area contributed by atoms with Crippen molar-refractivity contribution in [2.45, 2.75) is 19.4 Å². The fraction of sp³-hybridized carbons (Fsp3) is 0.235. The van der Waals surface area contributed by atoms with Crippen LogP contribution in [0.3, 0.4) is 0 Å². The Morgan fingerprint density at radius 2 is 2.12 bits per heavy atom. The second kappa shape index (κ2) is 7.08. The first kappa shape index (κ1) is 15.9. The molecule has 2 heterocycles. The Hall–Kier alpha value is -2.96. The molecule has 124 valence electrons. The Morgan fingerprint density at radius 3 is 2.83 bits per heavy atom. The van der Waals surface area contributed by atoms with Crippen LogP contribution in [0, 0.1) is 5.82 Å². The summed E-state index contributed by atoms with van der Waals surface area (Å²) in [6.07, 6.45) is 3.79. The van der Waals surface area contributed by atoms with E-state index in [4.69, 9.17) is 4.42 Å². The van der Waals surface area contributed by atoms with Crippen molar-refractivity contribution in [1.29, 1.82) is 0 Å². The Balaban J connectivity index is 1.59. The molecule has 6 nitrogen and oxygen atoms in total. The first-order valence-corrected chi connectivity index (χ1v) is 7.61. The monoisotopic (exact) mass is 328 g/mol. The molecule has 0 unspecified atom stereocenters. The zero-order valence-electron chi connectivity index (χ0n) is 13.1. The van der Waals surface area contributed by atoms with E-state index in [9.17, 15) is 9.18 Å². The van der Waals surface area contributed by atoms with Gasteiger partial charge in [0.15, 0.2) is 5.69 Å². The lowest BCUT2D eigenvalue weighted by atomic mass is 10.1. The van der Waals surface area contributed by atoms with Gasteiger partial charge in [0.05, 0.1) is 18.5 Å². The van der Waals surface area contributed by atoms with Crippen LogP contribution in [0.25, 0.3) is 0 Å². The fourth-order valence-electron chi connectivity index (χ4n) is 2.31. The summed E-state index contributed by atoms with van der Waals surface area (Å²) in [7, 11) is 0. The molecule has 1 atom stereocenters. The number of rotatable bonds is 6. The summed E-state index contributed by atoms with van der Waals surface area (Å²) >= 11 is 0. The molecule has 0 fully saturated rings. The van der Waals surface area contributed by atoms with E-state index in [1.54, 1.807) is 35.3 Å². The average molecular weight is 328 g/mol. The smallest absolute Gasteiger partial charge is 0.273 e. The topological polar surface area (TPSA) is 73.0 Å². The maximum atomic E-state index is 13.0. The van der Waals surface area contributed by atoms with E-state index in [1.807, 2.05) is 13.0 Å². The van der Waals surface area contributed by atoms with Crippen LogP contribution in [0.2, 0.25) is 0 Å². The molecular weight excluding hydrogens is 311 g/mol. The predicted octanol–water partition coefficient (Wildman–Crippen LogP) is 2.59. The molecule has 0 bridgehead atoms. The van der Waals surface area contributed by atoms with Crippen molar-refractivity contribution in [3.05, 3.63) is 71.7 Å². The van der Waals surface area contributed by atoms with Gasteiger partial charge in [0.25, 0.3) is 5.91 Å². The Labute approximate surface area is 138 Å². The number of carbonyl (C=O) groups is 1. The third kappa shape index (κ3) is 3.68. The molecule has 1 amide bonds. The molecule has 3 aromatic rings. The number of amides is 1. The quantitative estimate of drug-likeness (QED) is 0.755. The SMILES string of the molecule is C[C@H](c1ccc(F)cc1)n1cc(C(=O)NCCc2ccco2)nn1. The maximum Gasteiger partial charge on any atom is 0.273 e. The highest BCUT2D eigenvalue weighted by atomic mass is 19.1. The number of furan rings is 1. The van der Waals surface area contributed by atoms with Crippen LogP contribution >= 0.6 is 0 Å². The van der Waals surface area contributed by atoms with E-state index >= 15 is 0 Å². The largest absolute Gasteiger partial charge is 0.469 e. The van der Waals surface area contributed by atoms with E-state index in [0.717, 1.165) is 11.3 Å². The molecule has 1 N–H and O–H groups in total. The Kier molecular flexibility index (Phi) is 4.69. The minimum absolute atomic E-state index is 0.150. The number of nitrogens with one attached hydrogen (secondary N) is 1. The van der Waals surface area contributed by atoms with Crippen LogP contribution in [0.15, 0.2) is 53.3 Å². The van der Waals surface area contributed by atoms with Gasteiger partial charge in [-0.15, -0.1) is 5.10 Å². The summed E-state index contributed by atoms with van der Waals surface area (Å²) in [6, 6.07) is 9.67. The Bertz CT molecular complexity index is 796. The summed E-state index contributed by atoms with van der Waals surface area (Å²) < 4.78 is 19.8. The first-order valence-electron chi connectivity index (χ1n) is 7.61. The van der Waals surface area contributed by atoms with E-state index in [1.165, 1.54) is 12.1 Å². The number of carbonyl (C=O) groups excluding carboxylic acids is 1. The van der Waals surface area contributed by atoms with E-state index < -0.39 is 0 Å². The van der Waals surface area contributed by atoms with Crippen molar-refractivity contribution >= 4 is 5.91 Å². The molecule has 24 heavy (non-hydrogen) atoms. The summed E-state index contributed by atoms with van der Waals surface area (Å²) in [4.78, 5) is 12.1. The summed E-state index contributed by atoms with van der Waals surface area (Å²) in [5, 5.41) is 10.7. The molecule has 2 aromatic heterocycles. The standard InChI is InChI=1S/C17H17FN4O2/c1-12(13-4-6-14(18)7-5-13)22-11-16(20-21-22)17(23)19-9-8-15-3-2-10-24-15/h2-7,10-12H,8-9H2,1H3,(H,19,23)/t12-/m1/s1. The summed E-state index contributed by atoms with van der Waals surface area (Å²) in [6.45, 7) is 2.35. The second-order valence-corrected chi connectivity index (χ2v) is 5.40. The van der Waals surface area contributed by atoms with Crippen molar-refractivity contribution in [3.63, 3.8) is 0 Å². The number of aromatic nitrogens is 3. The third-order valence-corrected chi connectivity index (χ3v) is 3.73. The normalized spacial score (nSPS) is 12.1. The highest BCUT2D eigenvalue weighted by Crippen LogP contribution is 2.17. The van der Waals surface area contributed by atoms with Crippen LogP contribution in [-0.4, -0.2) is 27.4 Å². The van der Waals surface area contributed by atoms with Gasteiger partial charge in [0.2, 0.25) is 0 Å². The summed E-state index contributed by atoms with van der Waals surface area (Å²) in [5.41, 5.74) is 1.12. The maximum absolute atomic E-state index is 13.0. The van der Waals surface area contributed by atoms with Gasteiger partial charge >= 0.3 is 0 Å². The third-order valence-electron chi connectivity index (χ3n) is 3.73. The highest BCUT2D eigenvalue weighted by molar-refractivity contribution is 5.91. The van der Waals surface area contributed by atoms with Gasteiger partial charge in [-0.2, -0.15) is 0 Å². The molecule has 0 radical (unpaired) electrons. The molecule has 3 rings (SSSR count). The zero-order valence-corrected chi connectivity index (χ0v) is 13.1. The van der Waals surface area contributed by atoms with Crippen molar-refractivity contribution in [2.75, 3.05) is 6.54 Å². The Morgan fingerprint density at radius 1 is 1.33 bits per heavy atom. The van der Waals surface area contributed by atoms with Crippen molar-refractivity contribution in [2.24, 2.45) is 0 Å². The minimum atomic E-state index is -0.292. The summed E-state index contributed by atoms with van der Waals surface area (Å²) in [5.74, 6) is 0.226. The van der Waals surface area contributed by atoms with Crippen LogP contribution in [0.1, 0.15) is 34.8 Å². The molecule has 0 spiro atoms. The van der Waals surface area contributed by atoms with Gasteiger partial charge in [-0.1, -0.05) is 17.3 Å². The fourth-order valence-corrected chi connectivity index (χ4v) is 2.31. The van der Waals surface area contributed by atoms with Gasteiger partial charge in [-0.3, -0.25) is 4.79 Å². The van der Waals surface area contributed by atoms with Gasteiger partial charge in [0.1, 0.15) is 11.6 Å². The lowest BCUT2D eigenvalue weighted by Crippen LogP contribution is -2.26. The number of benzene rings is 1. The molecule has 0 aliphatic carbocycles. The predicted molar refractivity (Wildman–Crippen MR) is 85.0 cm³/mol. The molecule has 0 saturated heterocycles. The molecule has 0 saturated carbocycles. The lowest BCUT2D eigenvalue weighted by Gasteiger charge is -2.11. The molecule has 7 heteroatoms. The minimum Gasteiger partial charge on any atom is -0.469 e. The number of hydrogen-bond donors (Lipinski definition) is 1. The van der Waals surface area contributed by atoms with Gasteiger partial charge < -0.3 is 9.73 Å². The number of hydrogen-bond acceptors (Lipinski definition) is 4. The highest BCUT2D eigenvalue weighted by Gasteiger charge is 2.14. The van der Waals surface area contributed by atoms with Gasteiger partial charge in [0, 0.05) is 13.0 Å². The van der Waals surface area contributed by atoms with Crippen molar-refractivity contribution < 1.29 is 13.6 Å². The van der Waals surface area contributed by atoms with Crippen LogP contribution < -0.4 is 5.32 Å². The number of nitrogens with zero attached hydrogens (tertiary/aromatic N) is 3. The van der Waals surface area contributed by atoms with Crippen LogP contribution in [0.4, 0.5) is 4.39 Å². The second-order valence-electron chi connectivity index (χ2n) is 5.40.